The normalized spacial score (nSPS) is 14.9. The number of hydrogen-bond donors (Lipinski definition) is 0. The van der Waals surface area contributed by atoms with Crippen LogP contribution >= 0.6 is 11.6 Å². The maximum Gasteiger partial charge on any atom is 0.273 e. The number of aromatic nitrogens is 1. The van der Waals surface area contributed by atoms with Crippen LogP contribution in [0.1, 0.15) is 16.7 Å². The van der Waals surface area contributed by atoms with Gasteiger partial charge in [-0.3, -0.25) is 19.5 Å². The van der Waals surface area contributed by atoms with Crippen molar-refractivity contribution in [3.8, 4) is 0 Å². The van der Waals surface area contributed by atoms with E-state index in [1.165, 1.54) is 0 Å². The van der Waals surface area contributed by atoms with E-state index in [1.54, 1.807) is 36.7 Å². The van der Waals surface area contributed by atoms with E-state index in [4.69, 9.17) is 11.6 Å². The van der Waals surface area contributed by atoms with Crippen molar-refractivity contribution in [1.82, 2.24) is 9.88 Å². The van der Waals surface area contributed by atoms with Gasteiger partial charge in [-0.05, 0) is 30.2 Å². The Kier molecular flexibility index (Phi) is 3.77. The predicted molar refractivity (Wildman–Crippen MR) is 83.7 cm³/mol. The first-order chi connectivity index (χ1) is 10.6. The molecule has 0 radical (unpaired) electrons. The SMILES string of the molecule is Cc1ccc(C2=C(Cl)C(=O)N(Cc3ccncc3)C2=O)cc1. The van der Waals surface area contributed by atoms with Crippen LogP contribution in [0, 0.1) is 6.92 Å². The summed E-state index contributed by atoms with van der Waals surface area (Å²) in [6.07, 6.45) is 3.24. The highest BCUT2D eigenvalue weighted by molar-refractivity contribution is 6.55. The number of pyridine rings is 1. The molecule has 0 saturated heterocycles. The third-order valence-electron chi connectivity index (χ3n) is 3.54. The van der Waals surface area contributed by atoms with Gasteiger partial charge in [0.05, 0.1) is 12.1 Å². The molecule has 3 rings (SSSR count). The number of halogens is 1. The van der Waals surface area contributed by atoms with Gasteiger partial charge in [-0.15, -0.1) is 0 Å². The zero-order valence-electron chi connectivity index (χ0n) is 11.9. The summed E-state index contributed by atoms with van der Waals surface area (Å²) in [6.45, 7) is 2.14. The molecule has 4 nitrogen and oxygen atoms in total. The molecular weight excluding hydrogens is 300 g/mol. The van der Waals surface area contributed by atoms with Gasteiger partial charge < -0.3 is 0 Å². The molecule has 2 amide bonds. The van der Waals surface area contributed by atoms with Gasteiger partial charge in [0.1, 0.15) is 5.03 Å². The molecule has 0 aliphatic carbocycles. The lowest BCUT2D eigenvalue weighted by molar-refractivity contribution is -0.137. The molecule has 1 aliphatic heterocycles. The Hall–Kier alpha value is -2.46. The average molecular weight is 313 g/mol. The zero-order chi connectivity index (χ0) is 15.7. The van der Waals surface area contributed by atoms with Crippen molar-refractivity contribution in [3.05, 3.63) is 70.5 Å². The summed E-state index contributed by atoms with van der Waals surface area (Å²) in [5, 5.41) is -0.0251. The number of nitrogens with zero attached hydrogens (tertiary/aromatic N) is 2. The first kappa shape index (κ1) is 14.5. The van der Waals surface area contributed by atoms with Gasteiger partial charge in [0, 0.05) is 12.4 Å². The lowest BCUT2D eigenvalue weighted by atomic mass is 10.0. The third kappa shape index (κ3) is 2.53. The summed E-state index contributed by atoms with van der Waals surface area (Å²) >= 11 is 6.11. The fourth-order valence-corrected chi connectivity index (χ4v) is 2.62. The number of benzene rings is 1. The first-order valence-corrected chi connectivity index (χ1v) is 7.17. The lowest BCUT2D eigenvalue weighted by Crippen LogP contribution is -2.30. The molecule has 0 saturated carbocycles. The van der Waals surface area contributed by atoms with E-state index in [-0.39, 0.29) is 23.1 Å². The summed E-state index contributed by atoms with van der Waals surface area (Å²) in [5.41, 5.74) is 2.82. The minimum Gasteiger partial charge on any atom is -0.269 e. The zero-order valence-corrected chi connectivity index (χ0v) is 12.7. The Morgan fingerprint density at radius 3 is 2.27 bits per heavy atom. The van der Waals surface area contributed by atoms with Crippen molar-refractivity contribution in [3.63, 3.8) is 0 Å². The molecule has 0 atom stereocenters. The third-order valence-corrected chi connectivity index (χ3v) is 3.89. The van der Waals surface area contributed by atoms with Crippen LogP contribution in [0.4, 0.5) is 0 Å². The van der Waals surface area contributed by atoms with Crippen LogP contribution in [0.3, 0.4) is 0 Å². The Balaban J connectivity index is 1.92. The number of amides is 2. The van der Waals surface area contributed by atoms with Crippen molar-refractivity contribution in [2.75, 3.05) is 0 Å². The van der Waals surface area contributed by atoms with E-state index in [9.17, 15) is 9.59 Å². The summed E-state index contributed by atoms with van der Waals surface area (Å²) in [7, 11) is 0. The van der Waals surface area contributed by atoms with Gasteiger partial charge in [-0.2, -0.15) is 0 Å². The molecule has 110 valence electrons. The maximum absolute atomic E-state index is 12.6. The number of aryl methyl sites for hydroxylation is 1. The standard InChI is InChI=1S/C17H13ClN2O2/c1-11-2-4-13(5-3-11)14-15(18)17(22)20(16(14)21)10-12-6-8-19-9-7-12/h2-9H,10H2,1H3. The largest absolute Gasteiger partial charge is 0.273 e. The Morgan fingerprint density at radius 1 is 1.00 bits per heavy atom. The van der Waals surface area contributed by atoms with Gasteiger partial charge in [0.15, 0.2) is 0 Å². The second-order valence-corrected chi connectivity index (χ2v) is 5.48. The van der Waals surface area contributed by atoms with Crippen LogP contribution < -0.4 is 0 Å². The van der Waals surface area contributed by atoms with E-state index in [0.717, 1.165) is 16.0 Å². The second-order valence-electron chi connectivity index (χ2n) is 5.11. The summed E-state index contributed by atoms with van der Waals surface area (Å²) in [6, 6.07) is 10.9. The Labute approximate surface area is 133 Å². The average Bonchev–Trinajstić information content (AvgIpc) is 2.73. The highest BCUT2D eigenvalue weighted by Crippen LogP contribution is 2.32. The van der Waals surface area contributed by atoms with Crippen molar-refractivity contribution in [1.29, 1.82) is 0 Å². The molecule has 5 heteroatoms. The van der Waals surface area contributed by atoms with Crippen LogP contribution in [0.25, 0.3) is 5.57 Å². The van der Waals surface area contributed by atoms with Gasteiger partial charge in [-0.1, -0.05) is 41.4 Å². The molecule has 2 aromatic rings. The monoisotopic (exact) mass is 312 g/mol. The van der Waals surface area contributed by atoms with Crippen molar-refractivity contribution >= 4 is 29.0 Å². The van der Waals surface area contributed by atoms with E-state index >= 15 is 0 Å². The second kappa shape index (κ2) is 5.73. The number of hydrogen-bond acceptors (Lipinski definition) is 3. The molecular formula is C17H13ClN2O2. The van der Waals surface area contributed by atoms with Crippen LogP contribution in [-0.2, 0) is 16.1 Å². The van der Waals surface area contributed by atoms with E-state index in [0.29, 0.717) is 5.56 Å². The van der Waals surface area contributed by atoms with Gasteiger partial charge in [-0.25, -0.2) is 0 Å². The quantitative estimate of drug-likeness (QED) is 0.819. The number of carbonyl (C=O) groups is 2. The van der Waals surface area contributed by atoms with Crippen LogP contribution in [0.2, 0.25) is 0 Å². The summed E-state index contributed by atoms with van der Waals surface area (Å²) in [4.78, 5) is 29.9. The lowest BCUT2D eigenvalue weighted by Gasteiger charge is -2.14. The fraction of sp³-hybridized carbons (Fsp3) is 0.118. The number of imide groups is 1. The molecule has 0 bridgehead atoms. The molecule has 0 N–H and O–H groups in total. The number of rotatable bonds is 3. The van der Waals surface area contributed by atoms with Crippen molar-refractivity contribution in [2.24, 2.45) is 0 Å². The molecule has 22 heavy (non-hydrogen) atoms. The fourth-order valence-electron chi connectivity index (χ4n) is 2.33. The topological polar surface area (TPSA) is 50.3 Å². The van der Waals surface area contributed by atoms with Crippen LogP contribution in [0.15, 0.2) is 53.8 Å². The molecule has 2 heterocycles. The highest BCUT2D eigenvalue weighted by Gasteiger charge is 2.37. The molecule has 0 fully saturated rings. The van der Waals surface area contributed by atoms with Gasteiger partial charge in [0.2, 0.25) is 0 Å². The molecule has 1 aliphatic rings. The Bertz CT molecular complexity index is 767. The summed E-state index contributed by atoms with van der Waals surface area (Å²) in [5.74, 6) is -0.824. The molecule has 0 spiro atoms. The van der Waals surface area contributed by atoms with E-state index in [2.05, 4.69) is 4.98 Å². The molecule has 1 aromatic heterocycles. The van der Waals surface area contributed by atoms with E-state index < -0.39 is 5.91 Å². The smallest absolute Gasteiger partial charge is 0.269 e. The van der Waals surface area contributed by atoms with Crippen LogP contribution in [0.5, 0.6) is 0 Å². The predicted octanol–water partition coefficient (Wildman–Crippen LogP) is 2.91. The maximum atomic E-state index is 12.6. The van der Waals surface area contributed by atoms with E-state index in [1.807, 2.05) is 19.1 Å². The minimum absolute atomic E-state index is 0.0251. The first-order valence-electron chi connectivity index (χ1n) is 6.80. The van der Waals surface area contributed by atoms with Crippen molar-refractivity contribution < 1.29 is 9.59 Å². The molecule has 0 unspecified atom stereocenters. The van der Waals surface area contributed by atoms with Gasteiger partial charge in [0.25, 0.3) is 11.8 Å². The van der Waals surface area contributed by atoms with Crippen LogP contribution in [-0.4, -0.2) is 21.7 Å². The Morgan fingerprint density at radius 2 is 1.64 bits per heavy atom. The highest BCUT2D eigenvalue weighted by atomic mass is 35.5. The number of carbonyl (C=O) groups excluding carboxylic acids is 2. The van der Waals surface area contributed by atoms with Gasteiger partial charge >= 0.3 is 0 Å². The summed E-state index contributed by atoms with van der Waals surface area (Å²) < 4.78 is 0. The minimum atomic E-state index is -0.459. The molecule has 1 aromatic carbocycles. The van der Waals surface area contributed by atoms with Crippen molar-refractivity contribution in [2.45, 2.75) is 13.5 Å².